The molecule has 3 aliphatic heterocycles. The molecule has 0 aliphatic carbocycles. The van der Waals surface area contributed by atoms with Gasteiger partial charge in [-0.25, -0.2) is 0 Å². The number of amides is 3. The highest BCUT2D eigenvalue weighted by molar-refractivity contribution is 6.06. The van der Waals surface area contributed by atoms with Crippen LogP contribution >= 0.6 is 0 Å². The second kappa shape index (κ2) is 7.57. The molecule has 3 N–H and O–H groups in total. The average Bonchev–Trinajstić information content (AvgIpc) is 3.09. The molecule has 3 heterocycles. The first kappa shape index (κ1) is 18.8. The van der Waals surface area contributed by atoms with Crippen LogP contribution in [-0.4, -0.2) is 35.2 Å². The van der Waals surface area contributed by atoms with Gasteiger partial charge in [0.15, 0.2) is 0 Å². The summed E-state index contributed by atoms with van der Waals surface area (Å²) >= 11 is 0. The van der Waals surface area contributed by atoms with Gasteiger partial charge in [0.2, 0.25) is 11.8 Å². The molecule has 154 valence electrons. The van der Waals surface area contributed by atoms with Gasteiger partial charge in [-0.2, -0.15) is 0 Å². The van der Waals surface area contributed by atoms with Gasteiger partial charge in [0.25, 0.3) is 5.91 Å². The minimum Gasteiger partial charge on any atom is -0.381 e. The van der Waals surface area contributed by atoms with E-state index in [1.807, 2.05) is 18.2 Å². The molecule has 0 aromatic heterocycles. The normalized spacial score (nSPS) is 20.6. The number of carbonyl (C=O) groups excluding carboxylic acids is 3. The summed E-state index contributed by atoms with van der Waals surface area (Å²) in [4.78, 5) is 38.6. The molecule has 7 nitrogen and oxygen atoms in total. The molecule has 5 rings (SSSR count). The Bertz CT molecular complexity index is 1050. The van der Waals surface area contributed by atoms with Crippen molar-refractivity contribution in [2.45, 2.75) is 44.9 Å². The van der Waals surface area contributed by atoms with Crippen LogP contribution in [0.5, 0.6) is 0 Å². The van der Waals surface area contributed by atoms with Crippen LogP contribution in [0.25, 0.3) is 0 Å². The number of hydrogen-bond acceptors (Lipinski definition) is 5. The topological polar surface area (TPSA) is 90.5 Å². The lowest BCUT2D eigenvalue weighted by molar-refractivity contribution is -0.136. The molecule has 3 amide bonds. The van der Waals surface area contributed by atoms with E-state index >= 15 is 0 Å². The van der Waals surface area contributed by atoms with E-state index in [9.17, 15) is 14.4 Å². The van der Waals surface area contributed by atoms with Crippen LogP contribution in [0, 0.1) is 0 Å². The molecule has 2 aromatic rings. The van der Waals surface area contributed by atoms with Crippen LogP contribution in [0.4, 0.5) is 5.69 Å². The lowest BCUT2D eigenvalue weighted by Crippen LogP contribution is -2.52. The van der Waals surface area contributed by atoms with Crippen molar-refractivity contribution in [1.82, 2.24) is 15.5 Å². The van der Waals surface area contributed by atoms with Crippen molar-refractivity contribution < 1.29 is 14.4 Å². The third-order valence-electron chi connectivity index (χ3n) is 6.25. The predicted molar refractivity (Wildman–Crippen MR) is 112 cm³/mol. The van der Waals surface area contributed by atoms with Gasteiger partial charge in [0.1, 0.15) is 6.04 Å². The molecule has 0 radical (unpaired) electrons. The van der Waals surface area contributed by atoms with Gasteiger partial charge in [0.05, 0.1) is 0 Å². The van der Waals surface area contributed by atoms with Crippen LogP contribution in [0.2, 0.25) is 0 Å². The van der Waals surface area contributed by atoms with Gasteiger partial charge in [0, 0.05) is 37.3 Å². The number of piperidine rings is 1. The maximum atomic E-state index is 13.2. The van der Waals surface area contributed by atoms with E-state index in [0.717, 1.165) is 36.3 Å². The number of benzene rings is 2. The molecule has 1 saturated heterocycles. The highest BCUT2D eigenvalue weighted by atomic mass is 16.2. The quantitative estimate of drug-likeness (QED) is 0.675. The highest BCUT2D eigenvalue weighted by Crippen LogP contribution is 2.31. The Morgan fingerprint density at radius 2 is 1.87 bits per heavy atom. The van der Waals surface area contributed by atoms with Gasteiger partial charge >= 0.3 is 0 Å². The first-order chi connectivity index (χ1) is 14.6. The Balaban J connectivity index is 1.37. The summed E-state index contributed by atoms with van der Waals surface area (Å²) in [6, 6.07) is 11.6. The van der Waals surface area contributed by atoms with Gasteiger partial charge in [-0.3, -0.25) is 19.7 Å². The average molecular weight is 404 g/mol. The van der Waals surface area contributed by atoms with Crippen LogP contribution in [0.1, 0.15) is 45.5 Å². The number of imide groups is 1. The fourth-order valence-corrected chi connectivity index (χ4v) is 4.71. The van der Waals surface area contributed by atoms with E-state index in [1.54, 1.807) is 4.90 Å². The standard InChI is InChI=1S/C23H24N4O3/c28-20-8-7-19(22(29)26-20)27-13-16-5-1-4-15(21(16)23(27)30)11-25-18-6-2-3-14-9-10-24-12-17(14)18/h1-6,19,24-25H,7-13H2,(H,26,28,29). The summed E-state index contributed by atoms with van der Waals surface area (Å²) < 4.78 is 0. The molecule has 2 aromatic carbocycles. The summed E-state index contributed by atoms with van der Waals surface area (Å²) in [5, 5.41) is 9.28. The minimum absolute atomic E-state index is 0.131. The van der Waals surface area contributed by atoms with Gasteiger partial charge in [-0.1, -0.05) is 30.3 Å². The summed E-state index contributed by atoms with van der Waals surface area (Å²) in [5.74, 6) is -0.782. The molecule has 0 spiro atoms. The lowest BCUT2D eigenvalue weighted by Gasteiger charge is -2.29. The fraction of sp³-hybridized carbons (Fsp3) is 0.348. The largest absolute Gasteiger partial charge is 0.381 e. The minimum atomic E-state index is -0.587. The number of nitrogens with zero attached hydrogens (tertiary/aromatic N) is 1. The summed E-state index contributed by atoms with van der Waals surface area (Å²) in [6.07, 6.45) is 1.66. The zero-order valence-corrected chi connectivity index (χ0v) is 16.7. The second-order valence-corrected chi connectivity index (χ2v) is 8.07. The molecule has 30 heavy (non-hydrogen) atoms. The maximum Gasteiger partial charge on any atom is 0.255 e. The number of hydrogen-bond donors (Lipinski definition) is 3. The smallest absolute Gasteiger partial charge is 0.255 e. The predicted octanol–water partition coefficient (Wildman–Crippen LogP) is 1.71. The van der Waals surface area contributed by atoms with Crippen molar-refractivity contribution in [2.75, 3.05) is 11.9 Å². The van der Waals surface area contributed by atoms with Crippen LogP contribution in [0.3, 0.4) is 0 Å². The van der Waals surface area contributed by atoms with E-state index < -0.39 is 6.04 Å². The lowest BCUT2D eigenvalue weighted by atomic mass is 9.98. The van der Waals surface area contributed by atoms with Crippen molar-refractivity contribution in [3.8, 4) is 0 Å². The molecule has 1 fully saturated rings. The monoisotopic (exact) mass is 404 g/mol. The Morgan fingerprint density at radius 1 is 1.03 bits per heavy atom. The van der Waals surface area contributed by atoms with Crippen LogP contribution in [0.15, 0.2) is 36.4 Å². The number of fused-ring (bicyclic) bond motifs is 2. The van der Waals surface area contributed by atoms with Crippen molar-refractivity contribution in [3.05, 3.63) is 64.2 Å². The van der Waals surface area contributed by atoms with E-state index in [-0.39, 0.29) is 24.1 Å². The van der Waals surface area contributed by atoms with E-state index in [2.05, 4.69) is 34.1 Å². The number of rotatable bonds is 4. The fourth-order valence-electron chi connectivity index (χ4n) is 4.71. The second-order valence-electron chi connectivity index (χ2n) is 8.07. The molecule has 1 atom stereocenters. The van der Waals surface area contributed by atoms with Gasteiger partial charge in [-0.05, 0) is 47.7 Å². The van der Waals surface area contributed by atoms with Crippen molar-refractivity contribution >= 4 is 23.4 Å². The molecule has 0 bridgehead atoms. The molecular weight excluding hydrogens is 380 g/mol. The van der Waals surface area contributed by atoms with Crippen molar-refractivity contribution in [3.63, 3.8) is 0 Å². The molecule has 0 saturated carbocycles. The van der Waals surface area contributed by atoms with E-state index in [1.165, 1.54) is 11.1 Å². The van der Waals surface area contributed by atoms with Gasteiger partial charge < -0.3 is 15.5 Å². The third kappa shape index (κ3) is 3.25. The first-order valence-corrected chi connectivity index (χ1v) is 10.4. The third-order valence-corrected chi connectivity index (χ3v) is 6.25. The summed E-state index contributed by atoms with van der Waals surface area (Å²) in [5.41, 5.74) is 6.27. The van der Waals surface area contributed by atoms with Crippen molar-refractivity contribution in [1.29, 1.82) is 0 Å². The molecular formula is C23H24N4O3. The highest BCUT2D eigenvalue weighted by Gasteiger charge is 2.39. The summed E-state index contributed by atoms with van der Waals surface area (Å²) in [7, 11) is 0. The summed E-state index contributed by atoms with van der Waals surface area (Å²) in [6.45, 7) is 2.77. The number of carbonyl (C=O) groups is 3. The van der Waals surface area contributed by atoms with Crippen LogP contribution < -0.4 is 16.0 Å². The zero-order chi connectivity index (χ0) is 20.7. The van der Waals surface area contributed by atoms with Crippen molar-refractivity contribution in [2.24, 2.45) is 0 Å². The van der Waals surface area contributed by atoms with Gasteiger partial charge in [-0.15, -0.1) is 0 Å². The molecule has 3 aliphatic rings. The zero-order valence-electron chi connectivity index (χ0n) is 16.7. The number of nitrogens with one attached hydrogen (secondary N) is 3. The maximum absolute atomic E-state index is 13.2. The van der Waals surface area contributed by atoms with Crippen LogP contribution in [-0.2, 0) is 35.6 Å². The number of anilines is 1. The molecule has 1 unspecified atom stereocenters. The first-order valence-electron chi connectivity index (χ1n) is 10.4. The Hall–Kier alpha value is -3.19. The Morgan fingerprint density at radius 3 is 2.73 bits per heavy atom. The SMILES string of the molecule is O=C1CCC(N2Cc3cccc(CNc4cccc5c4CNCC5)c3C2=O)C(=O)N1. The Kier molecular flexibility index (Phi) is 4.75. The Labute approximate surface area is 174 Å². The van der Waals surface area contributed by atoms with E-state index in [0.29, 0.717) is 25.1 Å². The molecule has 7 heteroatoms. The van der Waals surface area contributed by atoms with E-state index in [4.69, 9.17) is 0 Å².